The first kappa shape index (κ1) is 8.58. The quantitative estimate of drug-likeness (QED) is 0.373. The van der Waals surface area contributed by atoms with E-state index >= 15 is 0 Å². The Bertz CT molecular complexity index is 172. The Morgan fingerprint density at radius 2 is 2.36 bits per heavy atom. The van der Waals surface area contributed by atoms with Crippen molar-refractivity contribution in [3.63, 3.8) is 0 Å². The molecule has 0 unspecified atom stereocenters. The van der Waals surface area contributed by atoms with E-state index in [1.165, 1.54) is 6.42 Å². The van der Waals surface area contributed by atoms with Crippen LogP contribution < -0.4 is 0 Å². The van der Waals surface area contributed by atoms with Crippen LogP contribution in [0.4, 0.5) is 0 Å². The van der Waals surface area contributed by atoms with Crippen LogP contribution in [-0.4, -0.2) is 23.9 Å². The number of ether oxygens (including phenoxy) is 1. The minimum absolute atomic E-state index is 0.0339. The molecular weight excluding hydrogens is 140 g/mol. The lowest BCUT2D eigenvalue weighted by Gasteiger charge is -1.94. The maximum Gasteiger partial charge on any atom is 0.174 e. The average Bonchev–Trinajstić information content (AvgIpc) is 2.80. The Labute approximate surface area is 67.6 Å². The zero-order valence-electron chi connectivity index (χ0n) is 6.89. The van der Waals surface area contributed by atoms with Crippen molar-refractivity contribution in [3.8, 4) is 11.8 Å². The van der Waals surface area contributed by atoms with Gasteiger partial charge in [0.2, 0.25) is 0 Å². The summed E-state index contributed by atoms with van der Waals surface area (Å²) in [7, 11) is 0. The molecular formula is C9H14O2. The second kappa shape index (κ2) is 3.75. The summed E-state index contributed by atoms with van der Waals surface area (Å²) >= 11 is 0. The molecule has 0 bridgehead atoms. The Morgan fingerprint density at radius 1 is 1.64 bits per heavy atom. The number of unbranched alkanes of at least 4 members (excludes halogenated alkanes) is 2. The van der Waals surface area contributed by atoms with Gasteiger partial charge in [0.15, 0.2) is 5.60 Å². The van der Waals surface area contributed by atoms with Gasteiger partial charge in [-0.2, -0.15) is 0 Å². The summed E-state index contributed by atoms with van der Waals surface area (Å²) in [6.07, 6.45) is 3.22. The molecule has 62 valence electrons. The van der Waals surface area contributed by atoms with Crippen molar-refractivity contribution < 1.29 is 9.84 Å². The Morgan fingerprint density at radius 3 is 2.82 bits per heavy atom. The summed E-state index contributed by atoms with van der Waals surface area (Å²) in [5.74, 6) is 5.94. The van der Waals surface area contributed by atoms with Crippen molar-refractivity contribution in [2.45, 2.75) is 31.8 Å². The van der Waals surface area contributed by atoms with Crippen molar-refractivity contribution in [2.75, 3.05) is 13.2 Å². The van der Waals surface area contributed by atoms with E-state index in [4.69, 9.17) is 9.84 Å². The molecule has 0 aliphatic carbocycles. The molecule has 0 radical (unpaired) electrons. The number of hydrogen-bond acceptors (Lipinski definition) is 2. The molecule has 1 aliphatic heterocycles. The summed E-state index contributed by atoms with van der Waals surface area (Å²) in [5.41, 5.74) is -0.465. The molecule has 0 aromatic heterocycles. The van der Waals surface area contributed by atoms with Gasteiger partial charge in [-0.15, -0.1) is 5.92 Å². The van der Waals surface area contributed by atoms with Gasteiger partial charge < -0.3 is 9.84 Å². The van der Waals surface area contributed by atoms with Gasteiger partial charge in [0.05, 0.1) is 13.2 Å². The molecule has 1 saturated heterocycles. The number of hydrogen-bond donors (Lipinski definition) is 1. The summed E-state index contributed by atoms with van der Waals surface area (Å²) in [6.45, 7) is 2.77. The van der Waals surface area contributed by atoms with Gasteiger partial charge in [0.1, 0.15) is 0 Å². The van der Waals surface area contributed by atoms with E-state index < -0.39 is 5.60 Å². The van der Waals surface area contributed by atoms with Crippen molar-refractivity contribution in [1.82, 2.24) is 0 Å². The molecule has 0 aromatic carbocycles. The largest absolute Gasteiger partial charge is 0.392 e. The van der Waals surface area contributed by atoms with Crippen LogP contribution in [0.2, 0.25) is 0 Å². The highest BCUT2D eigenvalue weighted by molar-refractivity contribution is 5.20. The average molecular weight is 154 g/mol. The molecule has 0 spiro atoms. The molecule has 1 heterocycles. The van der Waals surface area contributed by atoms with E-state index in [0.717, 1.165) is 12.8 Å². The van der Waals surface area contributed by atoms with Crippen molar-refractivity contribution in [2.24, 2.45) is 0 Å². The maximum absolute atomic E-state index is 8.79. The van der Waals surface area contributed by atoms with Crippen LogP contribution >= 0.6 is 0 Å². The number of rotatable bonds is 3. The lowest BCUT2D eigenvalue weighted by molar-refractivity contribution is 0.209. The van der Waals surface area contributed by atoms with Crippen LogP contribution in [0.15, 0.2) is 0 Å². The van der Waals surface area contributed by atoms with E-state index in [-0.39, 0.29) is 6.61 Å². The fraction of sp³-hybridized carbons (Fsp3) is 0.778. The molecule has 1 N–H and O–H groups in total. The summed E-state index contributed by atoms with van der Waals surface area (Å²) in [4.78, 5) is 0. The summed E-state index contributed by atoms with van der Waals surface area (Å²) in [5, 5.41) is 8.79. The van der Waals surface area contributed by atoms with Gasteiger partial charge in [-0.25, -0.2) is 0 Å². The lowest BCUT2D eigenvalue weighted by atomic mass is 10.2. The maximum atomic E-state index is 8.79. The first-order valence-electron chi connectivity index (χ1n) is 4.08. The monoisotopic (exact) mass is 154 g/mol. The van der Waals surface area contributed by atoms with E-state index in [0.29, 0.717) is 6.61 Å². The van der Waals surface area contributed by atoms with Gasteiger partial charge in [0, 0.05) is 6.42 Å². The Balaban J connectivity index is 2.20. The van der Waals surface area contributed by atoms with Crippen molar-refractivity contribution in [3.05, 3.63) is 0 Å². The van der Waals surface area contributed by atoms with Crippen LogP contribution in [0, 0.1) is 11.8 Å². The van der Waals surface area contributed by atoms with Crippen molar-refractivity contribution >= 4 is 0 Å². The SMILES string of the molecule is CCCCC#C[C@]1(CO)CO1. The Hall–Kier alpha value is -0.520. The highest BCUT2D eigenvalue weighted by atomic mass is 16.6. The smallest absolute Gasteiger partial charge is 0.174 e. The van der Waals surface area contributed by atoms with Crippen LogP contribution in [0.5, 0.6) is 0 Å². The van der Waals surface area contributed by atoms with E-state index in [1.807, 2.05) is 0 Å². The fourth-order valence-corrected chi connectivity index (χ4v) is 0.779. The first-order valence-corrected chi connectivity index (χ1v) is 4.08. The molecule has 2 nitrogen and oxygen atoms in total. The molecule has 11 heavy (non-hydrogen) atoms. The predicted molar refractivity (Wildman–Crippen MR) is 43.1 cm³/mol. The highest BCUT2D eigenvalue weighted by Crippen LogP contribution is 2.24. The normalized spacial score (nSPS) is 27.5. The van der Waals surface area contributed by atoms with Gasteiger partial charge in [-0.1, -0.05) is 19.3 Å². The van der Waals surface area contributed by atoms with Crippen LogP contribution in [0.25, 0.3) is 0 Å². The minimum atomic E-state index is -0.465. The number of epoxide rings is 1. The zero-order valence-corrected chi connectivity index (χ0v) is 6.89. The minimum Gasteiger partial charge on any atom is -0.392 e. The Kier molecular flexibility index (Phi) is 2.92. The van der Waals surface area contributed by atoms with E-state index in [2.05, 4.69) is 18.8 Å². The third-order valence-corrected chi connectivity index (χ3v) is 1.72. The summed E-state index contributed by atoms with van der Waals surface area (Å²) in [6, 6.07) is 0. The van der Waals surface area contributed by atoms with Crippen molar-refractivity contribution in [1.29, 1.82) is 0 Å². The number of aliphatic hydroxyl groups excluding tert-OH is 1. The lowest BCUT2D eigenvalue weighted by Crippen LogP contribution is -2.12. The third kappa shape index (κ3) is 2.53. The van der Waals surface area contributed by atoms with Gasteiger partial charge in [-0.05, 0) is 6.42 Å². The second-order valence-electron chi connectivity index (χ2n) is 2.85. The van der Waals surface area contributed by atoms with Crippen LogP contribution in [0.1, 0.15) is 26.2 Å². The third-order valence-electron chi connectivity index (χ3n) is 1.72. The molecule has 1 atom stereocenters. The molecule has 0 aromatic rings. The highest BCUT2D eigenvalue weighted by Gasteiger charge is 2.42. The topological polar surface area (TPSA) is 32.8 Å². The molecule has 1 rings (SSSR count). The van der Waals surface area contributed by atoms with Crippen LogP contribution in [0.3, 0.4) is 0 Å². The van der Waals surface area contributed by atoms with Gasteiger partial charge in [0.25, 0.3) is 0 Å². The molecule has 0 saturated carbocycles. The van der Waals surface area contributed by atoms with Gasteiger partial charge >= 0.3 is 0 Å². The molecule has 1 fully saturated rings. The van der Waals surface area contributed by atoms with E-state index in [9.17, 15) is 0 Å². The summed E-state index contributed by atoms with van der Waals surface area (Å²) < 4.78 is 5.00. The zero-order chi connectivity index (χ0) is 8.16. The second-order valence-corrected chi connectivity index (χ2v) is 2.85. The fourth-order valence-electron chi connectivity index (χ4n) is 0.779. The van der Waals surface area contributed by atoms with Gasteiger partial charge in [-0.3, -0.25) is 0 Å². The number of aliphatic hydroxyl groups is 1. The van der Waals surface area contributed by atoms with E-state index in [1.54, 1.807) is 0 Å². The standard InChI is InChI=1S/C9H14O2/c1-2-3-4-5-6-9(7-10)8-11-9/h10H,2-4,7-8H2,1H3/t9-/m0/s1. The molecule has 1 aliphatic rings. The molecule has 0 amide bonds. The van der Waals surface area contributed by atoms with Crippen LogP contribution in [-0.2, 0) is 4.74 Å². The molecule has 2 heteroatoms. The first-order chi connectivity index (χ1) is 5.33. The predicted octanol–water partition coefficient (Wildman–Crippen LogP) is 0.941.